The van der Waals surface area contributed by atoms with Gasteiger partial charge in [0.25, 0.3) is 5.56 Å². The highest BCUT2D eigenvalue weighted by atomic mass is 32.1. The van der Waals surface area contributed by atoms with Crippen LogP contribution in [0.1, 0.15) is 30.7 Å². The number of thiophene rings is 1. The van der Waals surface area contributed by atoms with Crippen LogP contribution in [-0.2, 0) is 24.2 Å². The van der Waals surface area contributed by atoms with Gasteiger partial charge in [0.1, 0.15) is 17.1 Å². The van der Waals surface area contributed by atoms with Gasteiger partial charge in [0.2, 0.25) is 5.91 Å². The Bertz CT molecular complexity index is 1070. The minimum absolute atomic E-state index is 0.0595. The zero-order valence-electron chi connectivity index (χ0n) is 16.0. The number of fused-ring (bicyclic) bond motifs is 3. The molecule has 0 aliphatic heterocycles. The van der Waals surface area contributed by atoms with Crippen LogP contribution in [-0.4, -0.2) is 22.1 Å². The average molecular weight is 398 g/mol. The minimum Gasteiger partial charge on any atom is -0.494 e. The lowest BCUT2D eigenvalue weighted by atomic mass is 9.89. The Balaban J connectivity index is 1.53. The predicted molar refractivity (Wildman–Crippen MR) is 111 cm³/mol. The normalized spacial score (nSPS) is 16.0. The quantitative estimate of drug-likeness (QED) is 0.714. The molecule has 2 aromatic heterocycles. The summed E-state index contributed by atoms with van der Waals surface area (Å²) in [5.41, 5.74) is 1.67. The molecule has 1 N–H and O–H groups in total. The number of anilines is 1. The van der Waals surface area contributed by atoms with Crippen molar-refractivity contribution in [1.82, 2.24) is 9.55 Å². The van der Waals surface area contributed by atoms with Gasteiger partial charge in [-0.1, -0.05) is 6.92 Å². The Morgan fingerprint density at radius 3 is 2.89 bits per heavy atom. The number of ether oxygens (including phenoxy) is 1. The lowest BCUT2D eigenvalue weighted by molar-refractivity contribution is -0.116. The van der Waals surface area contributed by atoms with Crippen molar-refractivity contribution in [2.45, 2.75) is 39.7 Å². The molecule has 28 heavy (non-hydrogen) atoms. The van der Waals surface area contributed by atoms with Gasteiger partial charge in [0.15, 0.2) is 0 Å². The largest absolute Gasteiger partial charge is 0.494 e. The van der Waals surface area contributed by atoms with Gasteiger partial charge in [-0.15, -0.1) is 11.3 Å². The summed E-state index contributed by atoms with van der Waals surface area (Å²) in [5, 5.41) is 3.52. The van der Waals surface area contributed by atoms with Crippen LogP contribution in [0.15, 0.2) is 35.4 Å². The van der Waals surface area contributed by atoms with Crippen LogP contribution >= 0.6 is 11.3 Å². The van der Waals surface area contributed by atoms with E-state index in [9.17, 15) is 9.59 Å². The number of aromatic nitrogens is 2. The smallest absolute Gasteiger partial charge is 0.262 e. The Morgan fingerprint density at radius 2 is 2.14 bits per heavy atom. The SMILES string of the molecule is CCOc1ccc(NC(=O)Cn2cnc3sc4c(c3c2=O)CCC(C)C4)cc1. The average Bonchev–Trinajstić information content (AvgIpc) is 3.04. The summed E-state index contributed by atoms with van der Waals surface area (Å²) in [4.78, 5) is 31.9. The molecule has 7 heteroatoms. The predicted octanol–water partition coefficient (Wildman–Crippen LogP) is 3.62. The topological polar surface area (TPSA) is 73.2 Å². The summed E-state index contributed by atoms with van der Waals surface area (Å²) in [7, 11) is 0. The second-order valence-corrected chi connectivity index (χ2v) is 8.30. The van der Waals surface area contributed by atoms with Crippen LogP contribution in [0.5, 0.6) is 5.75 Å². The van der Waals surface area contributed by atoms with Crippen LogP contribution in [0.25, 0.3) is 10.2 Å². The van der Waals surface area contributed by atoms with E-state index in [2.05, 4.69) is 17.2 Å². The summed E-state index contributed by atoms with van der Waals surface area (Å²) in [5.74, 6) is 1.13. The molecule has 0 spiro atoms. The highest BCUT2D eigenvalue weighted by Gasteiger charge is 2.23. The highest BCUT2D eigenvalue weighted by molar-refractivity contribution is 7.18. The molecule has 1 atom stereocenters. The zero-order chi connectivity index (χ0) is 19.7. The number of amides is 1. The molecule has 146 valence electrons. The second-order valence-electron chi connectivity index (χ2n) is 7.22. The van der Waals surface area contributed by atoms with E-state index in [1.807, 2.05) is 6.92 Å². The lowest BCUT2D eigenvalue weighted by Gasteiger charge is -2.17. The Hall–Kier alpha value is -2.67. The first-order valence-electron chi connectivity index (χ1n) is 9.57. The van der Waals surface area contributed by atoms with E-state index in [-0.39, 0.29) is 18.0 Å². The fraction of sp³-hybridized carbons (Fsp3) is 0.381. The van der Waals surface area contributed by atoms with Crippen LogP contribution < -0.4 is 15.6 Å². The van der Waals surface area contributed by atoms with Gasteiger partial charge < -0.3 is 10.1 Å². The molecule has 1 aliphatic carbocycles. The number of carbonyl (C=O) groups is 1. The van der Waals surface area contributed by atoms with E-state index in [4.69, 9.17) is 4.74 Å². The fourth-order valence-electron chi connectivity index (χ4n) is 3.64. The molecule has 3 aromatic rings. The first-order chi connectivity index (χ1) is 13.5. The van der Waals surface area contributed by atoms with Gasteiger partial charge in [-0.25, -0.2) is 4.98 Å². The third kappa shape index (κ3) is 3.67. The van der Waals surface area contributed by atoms with E-state index < -0.39 is 0 Å². The summed E-state index contributed by atoms with van der Waals surface area (Å²) < 4.78 is 6.80. The van der Waals surface area contributed by atoms with Crippen molar-refractivity contribution in [2.24, 2.45) is 5.92 Å². The summed E-state index contributed by atoms with van der Waals surface area (Å²) >= 11 is 1.62. The molecule has 1 aliphatic rings. The maximum atomic E-state index is 13.0. The van der Waals surface area contributed by atoms with E-state index in [1.54, 1.807) is 35.6 Å². The third-order valence-electron chi connectivity index (χ3n) is 5.05. The molecule has 1 unspecified atom stereocenters. The van der Waals surface area contributed by atoms with Gasteiger partial charge in [-0.05, 0) is 61.9 Å². The Morgan fingerprint density at radius 1 is 1.36 bits per heavy atom. The summed E-state index contributed by atoms with van der Waals surface area (Å²) in [6.45, 7) is 4.69. The molecule has 1 aromatic carbocycles. The third-order valence-corrected chi connectivity index (χ3v) is 6.21. The second kappa shape index (κ2) is 7.75. The van der Waals surface area contributed by atoms with Crippen LogP contribution in [0.2, 0.25) is 0 Å². The molecule has 0 radical (unpaired) electrons. The number of carbonyl (C=O) groups excluding carboxylic acids is 1. The van der Waals surface area contributed by atoms with Crippen molar-refractivity contribution in [3.05, 3.63) is 51.4 Å². The maximum absolute atomic E-state index is 13.0. The molecular formula is C21H23N3O3S. The number of benzene rings is 1. The van der Waals surface area contributed by atoms with Crippen molar-refractivity contribution < 1.29 is 9.53 Å². The molecule has 4 rings (SSSR count). The zero-order valence-corrected chi connectivity index (χ0v) is 16.8. The minimum atomic E-state index is -0.259. The molecule has 6 nitrogen and oxygen atoms in total. The number of aryl methyl sites for hydroxylation is 1. The summed E-state index contributed by atoms with van der Waals surface area (Å²) in [6.07, 6.45) is 4.49. The molecule has 0 saturated heterocycles. The van der Waals surface area contributed by atoms with Crippen LogP contribution in [0.3, 0.4) is 0 Å². The van der Waals surface area contributed by atoms with Gasteiger partial charge in [-0.3, -0.25) is 14.2 Å². The molecule has 0 fully saturated rings. The Labute approximate surface area is 167 Å². The fourth-order valence-corrected chi connectivity index (χ4v) is 4.98. The molecule has 1 amide bonds. The monoisotopic (exact) mass is 397 g/mol. The molecule has 0 bridgehead atoms. The van der Waals surface area contributed by atoms with Crippen molar-refractivity contribution in [3.8, 4) is 5.75 Å². The lowest BCUT2D eigenvalue weighted by Crippen LogP contribution is -2.28. The number of nitrogens with one attached hydrogen (secondary N) is 1. The van der Waals surface area contributed by atoms with Crippen molar-refractivity contribution in [3.63, 3.8) is 0 Å². The van der Waals surface area contributed by atoms with Crippen LogP contribution in [0.4, 0.5) is 5.69 Å². The number of hydrogen-bond donors (Lipinski definition) is 1. The van der Waals surface area contributed by atoms with Crippen molar-refractivity contribution in [2.75, 3.05) is 11.9 Å². The Kier molecular flexibility index (Phi) is 5.17. The van der Waals surface area contributed by atoms with E-state index in [1.165, 1.54) is 15.8 Å². The van der Waals surface area contributed by atoms with Gasteiger partial charge >= 0.3 is 0 Å². The van der Waals surface area contributed by atoms with Crippen molar-refractivity contribution in [1.29, 1.82) is 0 Å². The number of hydrogen-bond acceptors (Lipinski definition) is 5. The van der Waals surface area contributed by atoms with Crippen LogP contribution in [0, 0.1) is 5.92 Å². The van der Waals surface area contributed by atoms with Crippen molar-refractivity contribution >= 4 is 33.1 Å². The number of nitrogens with zero attached hydrogens (tertiary/aromatic N) is 2. The number of rotatable bonds is 5. The molecule has 0 saturated carbocycles. The molecule has 2 heterocycles. The first-order valence-corrected chi connectivity index (χ1v) is 10.4. The van der Waals surface area contributed by atoms with Gasteiger partial charge in [0.05, 0.1) is 18.3 Å². The highest BCUT2D eigenvalue weighted by Crippen LogP contribution is 2.35. The standard InChI is InChI=1S/C21H23N3O3S/c1-3-27-15-7-5-14(6-8-15)23-18(25)11-24-12-22-20-19(21(24)26)16-9-4-13(2)10-17(16)28-20/h5-8,12-13H,3-4,9-11H2,1-2H3,(H,23,25). The van der Waals surface area contributed by atoms with E-state index >= 15 is 0 Å². The maximum Gasteiger partial charge on any atom is 0.262 e. The molecular weight excluding hydrogens is 374 g/mol. The van der Waals surface area contributed by atoms with E-state index in [0.717, 1.165) is 35.4 Å². The van der Waals surface area contributed by atoms with E-state index in [0.29, 0.717) is 23.6 Å². The first kappa shape index (κ1) is 18.7. The van der Waals surface area contributed by atoms with Gasteiger partial charge in [0, 0.05) is 10.6 Å². The van der Waals surface area contributed by atoms with Gasteiger partial charge in [-0.2, -0.15) is 0 Å². The summed E-state index contributed by atoms with van der Waals surface area (Å²) in [6, 6.07) is 7.17.